The molecule has 1 aromatic heterocycles. The molecule has 6 heteroatoms. The molecule has 1 heterocycles. The lowest BCUT2D eigenvalue weighted by atomic mass is 10.2. The lowest BCUT2D eigenvalue weighted by Gasteiger charge is -2.08. The summed E-state index contributed by atoms with van der Waals surface area (Å²) in [6.45, 7) is 6.22. The molecule has 17 heavy (non-hydrogen) atoms. The van der Waals surface area contributed by atoms with Crippen molar-refractivity contribution in [3.05, 3.63) is 17.5 Å². The predicted octanol–water partition coefficient (Wildman–Crippen LogP) is 1.80. The van der Waals surface area contributed by atoms with Gasteiger partial charge in [-0.25, -0.2) is 9.59 Å². The first-order valence-corrected chi connectivity index (χ1v) is 5.38. The van der Waals surface area contributed by atoms with Gasteiger partial charge in [0.05, 0.1) is 5.69 Å². The summed E-state index contributed by atoms with van der Waals surface area (Å²) < 4.78 is 0. The van der Waals surface area contributed by atoms with Crippen molar-refractivity contribution >= 4 is 17.7 Å². The minimum atomic E-state index is -1.10. The number of carbonyl (C=O) groups excluding carboxylic acids is 1. The van der Waals surface area contributed by atoms with E-state index in [4.69, 9.17) is 5.11 Å². The van der Waals surface area contributed by atoms with Gasteiger partial charge in [-0.3, -0.25) is 0 Å². The van der Waals surface area contributed by atoms with E-state index in [9.17, 15) is 9.59 Å². The van der Waals surface area contributed by atoms with Crippen LogP contribution in [0.3, 0.4) is 0 Å². The van der Waals surface area contributed by atoms with E-state index in [0.717, 1.165) is 0 Å². The summed E-state index contributed by atoms with van der Waals surface area (Å²) in [6.07, 6.45) is 0. The fourth-order valence-electron chi connectivity index (χ4n) is 1.32. The molecular weight excluding hydrogens is 222 g/mol. The quantitative estimate of drug-likeness (QED) is 0.645. The van der Waals surface area contributed by atoms with E-state index in [2.05, 4.69) is 15.6 Å². The Morgan fingerprint density at radius 2 is 2.12 bits per heavy atom. The molecular formula is C11H17N3O3. The average Bonchev–Trinajstić information content (AvgIpc) is 2.56. The molecule has 0 radical (unpaired) electrons. The molecule has 0 unspecified atom stereocenters. The van der Waals surface area contributed by atoms with E-state index < -0.39 is 12.0 Å². The number of aryl methyl sites for hydroxylation is 1. The maximum Gasteiger partial charge on any atom is 0.354 e. The smallest absolute Gasteiger partial charge is 0.354 e. The van der Waals surface area contributed by atoms with Gasteiger partial charge in [-0.2, -0.15) is 0 Å². The van der Waals surface area contributed by atoms with Crippen LogP contribution in [0, 0.1) is 12.8 Å². The summed E-state index contributed by atoms with van der Waals surface area (Å²) >= 11 is 0. The standard InChI is InChI=1S/C11H17N3O3/c1-6(2)5-12-11(17)14-8-4-7(3)13-9(8)10(15)16/h4,6,13H,5H2,1-3H3,(H,15,16)(H2,12,14,17). The molecule has 0 atom stereocenters. The summed E-state index contributed by atoms with van der Waals surface area (Å²) in [5.74, 6) is -0.759. The summed E-state index contributed by atoms with van der Waals surface area (Å²) in [5.41, 5.74) is 0.944. The summed E-state index contributed by atoms with van der Waals surface area (Å²) in [6, 6.07) is 1.18. The van der Waals surface area contributed by atoms with E-state index in [-0.39, 0.29) is 11.4 Å². The summed E-state index contributed by atoms with van der Waals surface area (Å²) in [4.78, 5) is 25.0. The van der Waals surface area contributed by atoms with Crippen LogP contribution >= 0.6 is 0 Å². The zero-order valence-corrected chi connectivity index (χ0v) is 10.1. The largest absolute Gasteiger partial charge is 0.477 e. The summed E-state index contributed by atoms with van der Waals surface area (Å²) in [5, 5.41) is 14.1. The number of amides is 2. The lowest BCUT2D eigenvalue weighted by Crippen LogP contribution is -2.32. The predicted molar refractivity (Wildman–Crippen MR) is 64.3 cm³/mol. The third kappa shape index (κ3) is 3.82. The fraction of sp³-hybridized carbons (Fsp3) is 0.455. The first-order valence-electron chi connectivity index (χ1n) is 5.38. The zero-order chi connectivity index (χ0) is 13.0. The molecule has 0 bridgehead atoms. The Hall–Kier alpha value is -1.98. The van der Waals surface area contributed by atoms with E-state index in [0.29, 0.717) is 18.2 Å². The van der Waals surface area contributed by atoms with Crippen molar-refractivity contribution in [1.29, 1.82) is 0 Å². The van der Waals surface area contributed by atoms with Gasteiger partial charge in [0.25, 0.3) is 0 Å². The molecule has 1 rings (SSSR count). The molecule has 4 N–H and O–H groups in total. The Labute approximate surface area is 99.4 Å². The highest BCUT2D eigenvalue weighted by atomic mass is 16.4. The number of hydrogen-bond donors (Lipinski definition) is 4. The van der Waals surface area contributed by atoms with Gasteiger partial charge in [-0.1, -0.05) is 13.8 Å². The maximum atomic E-state index is 11.5. The number of carboxylic acids is 1. The van der Waals surface area contributed by atoms with Crippen LogP contribution in [0.5, 0.6) is 0 Å². The van der Waals surface area contributed by atoms with E-state index in [1.807, 2.05) is 13.8 Å². The number of hydrogen-bond acceptors (Lipinski definition) is 2. The number of H-pyrrole nitrogens is 1. The molecule has 1 aromatic rings. The van der Waals surface area contributed by atoms with Gasteiger partial charge in [0.15, 0.2) is 0 Å². The van der Waals surface area contributed by atoms with Crippen molar-refractivity contribution in [2.24, 2.45) is 5.92 Å². The van der Waals surface area contributed by atoms with Crippen molar-refractivity contribution in [2.75, 3.05) is 11.9 Å². The average molecular weight is 239 g/mol. The van der Waals surface area contributed by atoms with Crippen LogP contribution in [0.2, 0.25) is 0 Å². The number of carboxylic acid groups (broad SMARTS) is 1. The van der Waals surface area contributed by atoms with Gasteiger partial charge >= 0.3 is 12.0 Å². The Kier molecular flexibility index (Phi) is 4.14. The number of rotatable bonds is 4. The van der Waals surface area contributed by atoms with Crippen molar-refractivity contribution in [1.82, 2.24) is 10.3 Å². The molecule has 0 spiro atoms. The molecule has 0 fully saturated rings. The second kappa shape index (κ2) is 5.38. The first-order chi connectivity index (χ1) is 7.90. The monoisotopic (exact) mass is 239 g/mol. The van der Waals surface area contributed by atoms with Crippen molar-refractivity contribution in [3.63, 3.8) is 0 Å². The van der Waals surface area contributed by atoms with E-state index in [1.165, 1.54) is 0 Å². The number of aromatic nitrogens is 1. The number of urea groups is 1. The minimum absolute atomic E-state index is 0.0119. The molecule has 0 saturated carbocycles. The highest BCUT2D eigenvalue weighted by Gasteiger charge is 2.15. The number of nitrogens with one attached hydrogen (secondary N) is 3. The third-order valence-corrected chi connectivity index (χ3v) is 2.09. The molecule has 0 saturated heterocycles. The second-order valence-corrected chi connectivity index (χ2v) is 4.28. The van der Waals surface area contributed by atoms with Gasteiger partial charge in [0, 0.05) is 12.2 Å². The van der Waals surface area contributed by atoms with Crippen LogP contribution in [0.25, 0.3) is 0 Å². The normalized spacial score (nSPS) is 10.4. The Morgan fingerprint density at radius 3 is 2.65 bits per heavy atom. The third-order valence-electron chi connectivity index (χ3n) is 2.09. The highest BCUT2D eigenvalue weighted by molar-refractivity contribution is 5.99. The maximum absolute atomic E-state index is 11.5. The minimum Gasteiger partial charge on any atom is -0.477 e. The lowest BCUT2D eigenvalue weighted by molar-refractivity contribution is 0.0692. The SMILES string of the molecule is Cc1cc(NC(=O)NCC(C)C)c(C(=O)O)[nH]1. The first kappa shape index (κ1) is 13.1. The van der Waals surface area contributed by atoms with Crippen molar-refractivity contribution in [3.8, 4) is 0 Å². The van der Waals surface area contributed by atoms with Crippen LogP contribution in [0.15, 0.2) is 6.07 Å². The van der Waals surface area contributed by atoms with Crippen molar-refractivity contribution < 1.29 is 14.7 Å². The van der Waals surface area contributed by atoms with E-state index >= 15 is 0 Å². The van der Waals surface area contributed by atoms with Gasteiger partial charge in [-0.05, 0) is 18.9 Å². The van der Waals surface area contributed by atoms with Crippen LogP contribution in [0.4, 0.5) is 10.5 Å². The molecule has 2 amide bonds. The van der Waals surface area contributed by atoms with Crippen LogP contribution in [0.1, 0.15) is 30.0 Å². The Bertz CT molecular complexity index is 424. The zero-order valence-electron chi connectivity index (χ0n) is 10.1. The number of aromatic carboxylic acids is 1. The molecule has 6 nitrogen and oxygen atoms in total. The molecule has 0 aromatic carbocycles. The van der Waals surface area contributed by atoms with E-state index in [1.54, 1.807) is 13.0 Å². The highest BCUT2D eigenvalue weighted by Crippen LogP contribution is 2.16. The van der Waals surface area contributed by atoms with Crippen LogP contribution in [-0.4, -0.2) is 28.6 Å². The molecule has 0 aliphatic rings. The topological polar surface area (TPSA) is 94.2 Å². The van der Waals surface area contributed by atoms with Gasteiger partial charge in [-0.15, -0.1) is 0 Å². The molecule has 94 valence electrons. The number of aromatic amines is 1. The van der Waals surface area contributed by atoms with Crippen molar-refractivity contribution in [2.45, 2.75) is 20.8 Å². The Balaban J connectivity index is 2.68. The number of anilines is 1. The van der Waals surface area contributed by atoms with Gasteiger partial charge in [0.1, 0.15) is 5.69 Å². The second-order valence-electron chi connectivity index (χ2n) is 4.28. The van der Waals surface area contributed by atoms with Gasteiger partial charge < -0.3 is 20.7 Å². The van der Waals surface area contributed by atoms with Gasteiger partial charge in [0.2, 0.25) is 0 Å². The molecule has 0 aliphatic heterocycles. The number of carbonyl (C=O) groups is 2. The summed E-state index contributed by atoms with van der Waals surface area (Å²) in [7, 11) is 0. The Morgan fingerprint density at radius 1 is 1.47 bits per heavy atom. The molecule has 0 aliphatic carbocycles. The van der Waals surface area contributed by atoms with Crippen LogP contribution in [-0.2, 0) is 0 Å². The fourth-order valence-corrected chi connectivity index (χ4v) is 1.32. The van der Waals surface area contributed by atoms with Crippen LogP contribution < -0.4 is 10.6 Å².